The van der Waals surface area contributed by atoms with E-state index in [9.17, 15) is 9.18 Å². The van der Waals surface area contributed by atoms with Crippen molar-refractivity contribution in [1.29, 1.82) is 0 Å². The third-order valence-electron chi connectivity index (χ3n) is 3.71. The number of fused-ring (bicyclic) bond motifs is 3. The number of nitrogens with zero attached hydrogens (tertiary/aromatic N) is 2. The lowest BCUT2D eigenvalue weighted by Gasteiger charge is -1.96. The van der Waals surface area contributed by atoms with Crippen LogP contribution in [0.3, 0.4) is 0 Å². The Kier molecular flexibility index (Phi) is 2.47. The van der Waals surface area contributed by atoms with Gasteiger partial charge in [0.05, 0.1) is 0 Å². The van der Waals surface area contributed by atoms with E-state index >= 15 is 0 Å². The van der Waals surface area contributed by atoms with E-state index in [4.69, 9.17) is 0 Å². The molecule has 0 atom stereocenters. The molecule has 4 rings (SSSR count). The molecule has 0 amide bonds. The number of halogens is 1. The van der Waals surface area contributed by atoms with Crippen LogP contribution in [-0.2, 0) is 6.42 Å². The van der Waals surface area contributed by atoms with E-state index in [0.717, 1.165) is 22.2 Å². The Morgan fingerprint density at radius 3 is 2.71 bits per heavy atom. The molecule has 0 radical (unpaired) electrons. The van der Waals surface area contributed by atoms with Gasteiger partial charge in [-0.3, -0.25) is 4.79 Å². The number of allylic oxidation sites excluding steroid dienone is 1. The van der Waals surface area contributed by atoms with Crippen LogP contribution >= 0.6 is 0 Å². The summed E-state index contributed by atoms with van der Waals surface area (Å²) < 4.78 is 12.9. The lowest BCUT2D eigenvalue weighted by molar-refractivity contribution is 0.104. The molecule has 5 heteroatoms. The highest BCUT2D eigenvalue weighted by Gasteiger charge is 2.27. The highest BCUT2D eigenvalue weighted by molar-refractivity contribution is 6.17. The van der Waals surface area contributed by atoms with Gasteiger partial charge in [0.1, 0.15) is 16.9 Å². The van der Waals surface area contributed by atoms with Gasteiger partial charge >= 0.3 is 0 Å². The molecule has 21 heavy (non-hydrogen) atoms. The third kappa shape index (κ3) is 1.86. The van der Waals surface area contributed by atoms with Gasteiger partial charge in [-0.15, -0.1) is 0 Å². The number of Topliss-reactive ketones (excluding diaryl/α,β-unsaturated/α-hetero) is 1. The molecular weight excluding hydrogens is 269 g/mol. The fraction of sp³-hybridized carbons (Fsp3) is 0.0625. The number of carbonyl (C=O) groups excluding carboxylic acids is 1. The molecular formula is C16H10FN3O. The molecule has 0 saturated heterocycles. The number of rotatable bonds is 1. The first kappa shape index (κ1) is 12.0. The summed E-state index contributed by atoms with van der Waals surface area (Å²) in [7, 11) is 0. The molecule has 0 aliphatic heterocycles. The van der Waals surface area contributed by atoms with Crippen molar-refractivity contribution in [2.45, 2.75) is 6.42 Å². The molecule has 0 bridgehead atoms. The van der Waals surface area contributed by atoms with Crippen molar-refractivity contribution in [2.75, 3.05) is 0 Å². The second-order valence-corrected chi connectivity index (χ2v) is 5.01. The van der Waals surface area contributed by atoms with Crippen molar-refractivity contribution in [3.05, 3.63) is 64.5 Å². The fourth-order valence-electron chi connectivity index (χ4n) is 2.68. The van der Waals surface area contributed by atoms with E-state index in [0.29, 0.717) is 17.6 Å². The van der Waals surface area contributed by atoms with Gasteiger partial charge in [-0.25, -0.2) is 4.39 Å². The quantitative estimate of drug-likeness (QED) is 0.697. The minimum Gasteiger partial charge on any atom is -0.289 e. The second kappa shape index (κ2) is 4.34. The van der Waals surface area contributed by atoms with Crippen LogP contribution in [0.15, 0.2) is 42.0 Å². The predicted molar refractivity (Wildman–Crippen MR) is 76.3 cm³/mol. The third-order valence-corrected chi connectivity index (χ3v) is 3.71. The van der Waals surface area contributed by atoms with Crippen molar-refractivity contribution in [3.63, 3.8) is 0 Å². The average molecular weight is 279 g/mol. The van der Waals surface area contributed by atoms with E-state index in [2.05, 4.69) is 15.4 Å². The summed E-state index contributed by atoms with van der Waals surface area (Å²) in [6, 6.07) is 9.66. The Bertz CT molecular complexity index is 894. The van der Waals surface area contributed by atoms with Crippen LogP contribution in [-0.4, -0.2) is 21.2 Å². The number of H-pyrrole nitrogens is 1. The minimum absolute atomic E-state index is 0.000718. The molecule has 2 aromatic carbocycles. The smallest absolute Gasteiger partial charge is 0.189 e. The summed E-state index contributed by atoms with van der Waals surface area (Å²) in [5.74, 6) is -0.290. The average Bonchev–Trinajstić information content (AvgIpc) is 3.07. The highest BCUT2D eigenvalue weighted by Crippen LogP contribution is 2.31. The first-order valence-corrected chi connectivity index (χ1v) is 6.55. The molecule has 0 fully saturated rings. The minimum atomic E-state index is -0.289. The van der Waals surface area contributed by atoms with E-state index in [1.807, 2.05) is 0 Å². The molecule has 1 N–H and O–H groups in total. The standard InChI is InChI=1S/C16H10FN3O/c17-11-3-1-9(2-4-11)7-10-8-13-12(16(10)21)5-6-14-15(13)19-20-18-14/h1-7H,8H2,(H,18,19,20). The van der Waals surface area contributed by atoms with Crippen LogP contribution in [0.5, 0.6) is 0 Å². The summed E-state index contributed by atoms with van der Waals surface area (Å²) >= 11 is 0. The van der Waals surface area contributed by atoms with E-state index in [1.54, 1.807) is 30.3 Å². The van der Waals surface area contributed by atoms with Crippen LogP contribution in [0.4, 0.5) is 4.39 Å². The topological polar surface area (TPSA) is 58.6 Å². The van der Waals surface area contributed by atoms with E-state index < -0.39 is 0 Å². The van der Waals surface area contributed by atoms with Crippen molar-refractivity contribution < 1.29 is 9.18 Å². The zero-order valence-corrected chi connectivity index (χ0v) is 10.9. The lowest BCUT2D eigenvalue weighted by atomic mass is 10.1. The first-order valence-electron chi connectivity index (χ1n) is 6.55. The fourth-order valence-corrected chi connectivity index (χ4v) is 2.68. The Morgan fingerprint density at radius 2 is 1.90 bits per heavy atom. The number of carbonyl (C=O) groups is 1. The van der Waals surface area contributed by atoms with Crippen molar-refractivity contribution >= 4 is 22.9 Å². The molecule has 102 valence electrons. The van der Waals surface area contributed by atoms with Crippen LogP contribution in [0, 0.1) is 5.82 Å². The summed E-state index contributed by atoms with van der Waals surface area (Å²) in [6.45, 7) is 0. The Morgan fingerprint density at radius 1 is 1.10 bits per heavy atom. The van der Waals surface area contributed by atoms with Crippen molar-refractivity contribution in [2.24, 2.45) is 0 Å². The molecule has 0 saturated carbocycles. The van der Waals surface area contributed by atoms with Crippen molar-refractivity contribution in [3.8, 4) is 0 Å². The zero-order valence-electron chi connectivity index (χ0n) is 10.9. The number of ketones is 1. The maximum absolute atomic E-state index is 12.9. The van der Waals surface area contributed by atoms with Gasteiger partial charge in [0.15, 0.2) is 5.78 Å². The molecule has 3 aromatic rings. The van der Waals surface area contributed by atoms with Gasteiger partial charge in [-0.1, -0.05) is 12.1 Å². The van der Waals surface area contributed by atoms with Gasteiger partial charge in [0, 0.05) is 17.6 Å². The van der Waals surface area contributed by atoms with Crippen LogP contribution < -0.4 is 0 Å². The lowest BCUT2D eigenvalue weighted by Crippen LogP contribution is -1.95. The summed E-state index contributed by atoms with van der Waals surface area (Å²) in [6.07, 6.45) is 2.32. The number of hydrogen-bond acceptors (Lipinski definition) is 3. The summed E-state index contributed by atoms with van der Waals surface area (Å²) in [4.78, 5) is 12.4. The maximum atomic E-state index is 12.9. The second-order valence-electron chi connectivity index (χ2n) is 5.01. The SMILES string of the molecule is O=C1C(=Cc2ccc(F)cc2)Cc2c1ccc1n[nH]nc21. The first-order chi connectivity index (χ1) is 10.2. The highest BCUT2D eigenvalue weighted by atomic mass is 19.1. The summed E-state index contributed by atoms with van der Waals surface area (Å²) in [5, 5.41) is 10.7. The Hall–Kier alpha value is -2.82. The van der Waals surface area contributed by atoms with Crippen LogP contribution in [0.1, 0.15) is 21.5 Å². The number of aromatic amines is 1. The number of hydrogen-bond donors (Lipinski definition) is 1. The normalized spacial score (nSPS) is 15.9. The molecule has 1 aliphatic carbocycles. The Labute approximate surface area is 119 Å². The predicted octanol–water partition coefficient (Wildman–Crippen LogP) is 2.92. The summed E-state index contributed by atoms with van der Waals surface area (Å²) in [5.41, 5.74) is 4.56. The molecule has 1 heterocycles. The van der Waals surface area contributed by atoms with Gasteiger partial charge in [-0.05, 0) is 41.5 Å². The van der Waals surface area contributed by atoms with E-state index in [-0.39, 0.29) is 11.6 Å². The van der Waals surface area contributed by atoms with Gasteiger partial charge in [0.2, 0.25) is 0 Å². The van der Waals surface area contributed by atoms with E-state index in [1.165, 1.54) is 12.1 Å². The van der Waals surface area contributed by atoms with Gasteiger partial charge < -0.3 is 0 Å². The van der Waals surface area contributed by atoms with Crippen LogP contribution in [0.2, 0.25) is 0 Å². The number of benzene rings is 2. The molecule has 4 nitrogen and oxygen atoms in total. The monoisotopic (exact) mass is 279 g/mol. The maximum Gasteiger partial charge on any atom is 0.189 e. The van der Waals surface area contributed by atoms with Crippen molar-refractivity contribution in [1.82, 2.24) is 15.4 Å². The van der Waals surface area contributed by atoms with Gasteiger partial charge in [-0.2, -0.15) is 15.4 Å². The largest absolute Gasteiger partial charge is 0.289 e. The van der Waals surface area contributed by atoms with Crippen LogP contribution in [0.25, 0.3) is 17.1 Å². The Balaban J connectivity index is 1.80. The number of nitrogens with one attached hydrogen (secondary N) is 1. The molecule has 1 aromatic heterocycles. The number of aromatic nitrogens is 3. The molecule has 0 unspecified atom stereocenters. The molecule has 0 spiro atoms. The van der Waals surface area contributed by atoms with Gasteiger partial charge in [0.25, 0.3) is 0 Å². The molecule has 1 aliphatic rings. The zero-order chi connectivity index (χ0) is 14.4.